The first kappa shape index (κ1) is 12.2. The molecule has 0 aromatic carbocycles. The van der Waals surface area contributed by atoms with Crippen LogP contribution in [0.3, 0.4) is 0 Å². The molecule has 0 radical (unpaired) electrons. The number of hydrogen-bond donors (Lipinski definition) is 1. The normalized spacial score (nSPS) is 10.1. The molecule has 0 aliphatic heterocycles. The number of halogens is 1. The summed E-state index contributed by atoms with van der Waals surface area (Å²) in [5, 5.41) is 0.121. The molecule has 8 heteroatoms. The second-order valence-electron chi connectivity index (χ2n) is 3.22. The number of nitrogens with zero attached hydrogens (tertiary/aromatic N) is 4. The molecule has 0 aliphatic rings. The topological polar surface area (TPSA) is 104 Å². The molecule has 18 heavy (non-hydrogen) atoms. The smallest absolute Gasteiger partial charge is 0.360 e. The van der Waals surface area contributed by atoms with Gasteiger partial charge in [0.1, 0.15) is 0 Å². The number of anilines is 1. The predicted molar refractivity (Wildman–Crippen MR) is 63.8 cm³/mol. The van der Waals surface area contributed by atoms with Gasteiger partial charge in [-0.2, -0.15) is 0 Å². The van der Waals surface area contributed by atoms with Crippen LogP contribution in [-0.4, -0.2) is 33.0 Å². The summed E-state index contributed by atoms with van der Waals surface area (Å²) in [6, 6.07) is 0. The Morgan fingerprint density at radius 2 is 1.94 bits per heavy atom. The second kappa shape index (κ2) is 4.92. The SMILES string of the molecule is COC(=O)c1nc(-c2cnc(Cl)nc2)cnc1N. The Balaban J connectivity index is 2.46. The van der Waals surface area contributed by atoms with Crippen LogP contribution >= 0.6 is 11.6 Å². The van der Waals surface area contributed by atoms with E-state index in [4.69, 9.17) is 17.3 Å². The van der Waals surface area contributed by atoms with Gasteiger partial charge in [-0.05, 0) is 11.6 Å². The fraction of sp³-hybridized carbons (Fsp3) is 0.100. The third-order valence-electron chi connectivity index (χ3n) is 2.10. The van der Waals surface area contributed by atoms with Gasteiger partial charge in [0.05, 0.1) is 19.0 Å². The monoisotopic (exact) mass is 265 g/mol. The van der Waals surface area contributed by atoms with Crippen molar-refractivity contribution in [1.29, 1.82) is 0 Å². The van der Waals surface area contributed by atoms with E-state index in [0.29, 0.717) is 11.3 Å². The van der Waals surface area contributed by atoms with Crippen LogP contribution in [0, 0.1) is 0 Å². The second-order valence-corrected chi connectivity index (χ2v) is 3.56. The van der Waals surface area contributed by atoms with Crippen LogP contribution in [0.2, 0.25) is 5.28 Å². The standard InChI is InChI=1S/C10H8ClN5O2/c1-18-9(17)7-8(12)13-4-6(16-7)5-2-14-10(11)15-3-5/h2-4H,1H3,(H2,12,13). The van der Waals surface area contributed by atoms with Crippen LogP contribution < -0.4 is 5.73 Å². The number of nitrogens with two attached hydrogens (primary N) is 1. The van der Waals surface area contributed by atoms with Crippen LogP contribution in [0.5, 0.6) is 0 Å². The molecule has 0 atom stereocenters. The van der Waals surface area contributed by atoms with Gasteiger partial charge in [-0.3, -0.25) is 0 Å². The summed E-state index contributed by atoms with van der Waals surface area (Å²) in [6.45, 7) is 0. The van der Waals surface area contributed by atoms with Crippen LogP contribution in [0.1, 0.15) is 10.5 Å². The van der Waals surface area contributed by atoms with Gasteiger partial charge in [-0.1, -0.05) is 0 Å². The van der Waals surface area contributed by atoms with Crippen molar-refractivity contribution in [3.63, 3.8) is 0 Å². The van der Waals surface area contributed by atoms with Gasteiger partial charge in [0.2, 0.25) is 5.28 Å². The number of carbonyl (C=O) groups excluding carboxylic acids is 1. The van der Waals surface area contributed by atoms with Crippen molar-refractivity contribution in [3.05, 3.63) is 29.6 Å². The fourth-order valence-corrected chi connectivity index (χ4v) is 1.33. The van der Waals surface area contributed by atoms with Gasteiger partial charge in [-0.25, -0.2) is 24.7 Å². The maximum atomic E-state index is 11.4. The molecule has 0 fully saturated rings. The van der Waals surface area contributed by atoms with Gasteiger partial charge < -0.3 is 10.5 Å². The number of methoxy groups -OCH3 is 1. The summed E-state index contributed by atoms with van der Waals surface area (Å²) in [4.78, 5) is 27.0. The summed E-state index contributed by atoms with van der Waals surface area (Å²) in [6.07, 6.45) is 4.35. The van der Waals surface area contributed by atoms with Gasteiger partial charge >= 0.3 is 5.97 Å². The maximum absolute atomic E-state index is 11.4. The Morgan fingerprint density at radius 1 is 1.28 bits per heavy atom. The largest absolute Gasteiger partial charge is 0.464 e. The minimum atomic E-state index is -0.656. The van der Waals surface area contributed by atoms with Gasteiger partial charge in [0.25, 0.3) is 0 Å². The first-order valence-electron chi connectivity index (χ1n) is 4.80. The fourth-order valence-electron chi connectivity index (χ4n) is 1.23. The molecule has 0 spiro atoms. The predicted octanol–water partition coefficient (Wildman–Crippen LogP) is 0.956. The first-order valence-corrected chi connectivity index (χ1v) is 5.18. The summed E-state index contributed by atoms with van der Waals surface area (Å²) in [5.41, 5.74) is 6.46. The minimum Gasteiger partial charge on any atom is -0.464 e. The summed E-state index contributed by atoms with van der Waals surface area (Å²) < 4.78 is 4.55. The molecular weight excluding hydrogens is 258 g/mol. The van der Waals surface area contributed by atoms with Crippen LogP contribution in [0.25, 0.3) is 11.3 Å². The highest BCUT2D eigenvalue weighted by atomic mass is 35.5. The van der Waals surface area contributed by atoms with Crippen molar-refractivity contribution in [2.24, 2.45) is 0 Å². The number of nitrogen functional groups attached to an aromatic ring is 1. The third-order valence-corrected chi connectivity index (χ3v) is 2.29. The molecule has 0 saturated heterocycles. The highest BCUT2D eigenvalue weighted by Crippen LogP contribution is 2.17. The number of ether oxygens (including phenoxy) is 1. The molecule has 0 bridgehead atoms. The molecule has 2 aromatic heterocycles. The molecule has 0 saturated carbocycles. The number of rotatable bonds is 2. The first-order chi connectivity index (χ1) is 8.61. The van der Waals surface area contributed by atoms with Crippen LogP contribution in [0.15, 0.2) is 18.6 Å². The molecule has 92 valence electrons. The zero-order valence-corrected chi connectivity index (χ0v) is 10.0. The van der Waals surface area contributed by atoms with Crippen LogP contribution in [0.4, 0.5) is 5.82 Å². The van der Waals surface area contributed by atoms with E-state index >= 15 is 0 Å². The van der Waals surface area contributed by atoms with Crippen molar-refractivity contribution >= 4 is 23.4 Å². The summed E-state index contributed by atoms with van der Waals surface area (Å²) in [7, 11) is 1.24. The molecule has 0 aliphatic carbocycles. The van der Waals surface area contributed by atoms with Crippen LogP contribution in [-0.2, 0) is 4.74 Å². The van der Waals surface area contributed by atoms with E-state index < -0.39 is 5.97 Å². The molecule has 2 N–H and O–H groups in total. The van der Waals surface area contributed by atoms with Crippen molar-refractivity contribution in [2.75, 3.05) is 12.8 Å². The van der Waals surface area contributed by atoms with Gasteiger partial charge in [0, 0.05) is 18.0 Å². The molecular formula is C10H8ClN5O2. The van der Waals surface area contributed by atoms with E-state index in [1.807, 2.05) is 0 Å². The quantitative estimate of drug-likeness (QED) is 0.637. The van der Waals surface area contributed by atoms with E-state index in [-0.39, 0.29) is 16.8 Å². The molecule has 0 unspecified atom stereocenters. The van der Waals surface area contributed by atoms with Crippen molar-refractivity contribution in [1.82, 2.24) is 19.9 Å². The van der Waals surface area contributed by atoms with E-state index in [0.717, 1.165) is 0 Å². The van der Waals surface area contributed by atoms with E-state index in [2.05, 4.69) is 24.7 Å². The molecule has 2 aromatic rings. The zero-order chi connectivity index (χ0) is 13.1. The van der Waals surface area contributed by atoms with E-state index in [9.17, 15) is 4.79 Å². The lowest BCUT2D eigenvalue weighted by molar-refractivity contribution is 0.0595. The molecule has 7 nitrogen and oxygen atoms in total. The Labute approximate surface area is 107 Å². The maximum Gasteiger partial charge on any atom is 0.360 e. The number of carbonyl (C=O) groups is 1. The van der Waals surface area contributed by atoms with E-state index in [1.54, 1.807) is 0 Å². The lowest BCUT2D eigenvalue weighted by Gasteiger charge is -2.04. The zero-order valence-electron chi connectivity index (χ0n) is 9.29. The number of aromatic nitrogens is 4. The number of hydrogen-bond acceptors (Lipinski definition) is 7. The average molecular weight is 266 g/mol. The lowest BCUT2D eigenvalue weighted by Crippen LogP contribution is -2.10. The summed E-state index contributed by atoms with van der Waals surface area (Å²) >= 11 is 5.58. The summed E-state index contributed by atoms with van der Waals surface area (Å²) in [5.74, 6) is -0.655. The Kier molecular flexibility index (Phi) is 3.33. The Bertz CT molecular complexity index is 587. The van der Waals surface area contributed by atoms with Crippen molar-refractivity contribution < 1.29 is 9.53 Å². The average Bonchev–Trinajstić information content (AvgIpc) is 2.39. The third kappa shape index (κ3) is 2.35. The highest BCUT2D eigenvalue weighted by Gasteiger charge is 2.15. The van der Waals surface area contributed by atoms with Crippen molar-refractivity contribution in [2.45, 2.75) is 0 Å². The Hall–Kier alpha value is -2.28. The lowest BCUT2D eigenvalue weighted by atomic mass is 10.2. The number of esters is 1. The minimum absolute atomic E-state index is 0.000446. The van der Waals surface area contributed by atoms with Gasteiger partial charge in [0.15, 0.2) is 11.5 Å². The molecule has 2 heterocycles. The Morgan fingerprint density at radius 3 is 2.56 bits per heavy atom. The van der Waals surface area contributed by atoms with Gasteiger partial charge in [-0.15, -0.1) is 0 Å². The molecule has 2 rings (SSSR count). The highest BCUT2D eigenvalue weighted by molar-refractivity contribution is 6.28. The van der Waals surface area contributed by atoms with Crippen molar-refractivity contribution in [3.8, 4) is 11.3 Å². The molecule has 0 amide bonds. The van der Waals surface area contributed by atoms with E-state index in [1.165, 1.54) is 25.7 Å².